The largest absolute Gasteiger partial charge is 0.481 e. The molecular formula is C13H19ClF2N2O3. The minimum Gasteiger partial charge on any atom is -0.481 e. The van der Waals surface area contributed by atoms with Gasteiger partial charge in [-0.25, -0.2) is 8.78 Å². The molecule has 0 bridgehead atoms. The van der Waals surface area contributed by atoms with Crippen LogP contribution in [0.1, 0.15) is 0 Å². The van der Waals surface area contributed by atoms with E-state index in [9.17, 15) is 13.6 Å². The number of carbonyl (C=O) groups excluding carboxylic acids is 1. The third kappa shape index (κ3) is 8.44. The predicted octanol–water partition coefficient (Wildman–Crippen LogP) is 1.12. The highest BCUT2D eigenvalue weighted by Gasteiger charge is 2.07. The van der Waals surface area contributed by atoms with Crippen molar-refractivity contribution in [1.82, 2.24) is 10.6 Å². The summed E-state index contributed by atoms with van der Waals surface area (Å²) in [7, 11) is 1.61. The SMILES string of the molecule is COCCNCCNC(=O)COc1ccc(F)cc1F.Cl. The van der Waals surface area contributed by atoms with Crippen molar-refractivity contribution in [2.75, 3.05) is 40.0 Å². The Kier molecular flexibility index (Phi) is 10.5. The highest BCUT2D eigenvalue weighted by atomic mass is 35.5. The van der Waals surface area contributed by atoms with E-state index in [-0.39, 0.29) is 30.7 Å². The van der Waals surface area contributed by atoms with Gasteiger partial charge in [0.2, 0.25) is 0 Å². The van der Waals surface area contributed by atoms with Crippen molar-refractivity contribution in [2.45, 2.75) is 0 Å². The van der Waals surface area contributed by atoms with Crippen LogP contribution in [0, 0.1) is 11.6 Å². The number of rotatable bonds is 9. The fourth-order valence-electron chi connectivity index (χ4n) is 1.38. The van der Waals surface area contributed by atoms with Crippen LogP contribution in [-0.4, -0.2) is 45.9 Å². The predicted molar refractivity (Wildman–Crippen MR) is 76.9 cm³/mol. The van der Waals surface area contributed by atoms with E-state index in [1.807, 2.05) is 0 Å². The smallest absolute Gasteiger partial charge is 0.257 e. The number of halogens is 3. The molecule has 0 atom stereocenters. The molecule has 0 radical (unpaired) electrons. The van der Waals surface area contributed by atoms with Crippen LogP contribution in [0.4, 0.5) is 8.78 Å². The first-order valence-corrected chi connectivity index (χ1v) is 6.17. The summed E-state index contributed by atoms with van der Waals surface area (Å²) >= 11 is 0. The van der Waals surface area contributed by atoms with Gasteiger partial charge in [0.05, 0.1) is 6.61 Å². The quantitative estimate of drug-likeness (QED) is 0.668. The first kappa shape index (κ1) is 19.6. The number of ether oxygens (including phenoxy) is 2. The van der Waals surface area contributed by atoms with Gasteiger partial charge in [-0.15, -0.1) is 12.4 Å². The Balaban J connectivity index is 0.00000400. The van der Waals surface area contributed by atoms with E-state index >= 15 is 0 Å². The number of methoxy groups -OCH3 is 1. The molecule has 0 saturated heterocycles. The molecule has 120 valence electrons. The zero-order chi connectivity index (χ0) is 14.8. The normalized spacial score (nSPS) is 9.86. The van der Waals surface area contributed by atoms with Gasteiger partial charge in [0.1, 0.15) is 5.82 Å². The lowest BCUT2D eigenvalue weighted by molar-refractivity contribution is -0.123. The van der Waals surface area contributed by atoms with E-state index in [0.29, 0.717) is 32.3 Å². The summed E-state index contributed by atoms with van der Waals surface area (Å²) in [6.45, 7) is 2.00. The Morgan fingerprint density at radius 1 is 1.24 bits per heavy atom. The molecule has 1 aromatic rings. The standard InChI is InChI=1S/C13H18F2N2O3.ClH/c1-19-7-6-16-4-5-17-13(18)9-20-12-3-2-10(14)8-11(12)15;/h2-3,8,16H,4-7,9H2,1H3,(H,17,18);1H. The molecule has 8 heteroatoms. The Morgan fingerprint density at radius 3 is 2.67 bits per heavy atom. The van der Waals surface area contributed by atoms with E-state index in [4.69, 9.17) is 9.47 Å². The van der Waals surface area contributed by atoms with Gasteiger partial charge >= 0.3 is 0 Å². The summed E-state index contributed by atoms with van der Waals surface area (Å²) in [6, 6.07) is 2.91. The van der Waals surface area contributed by atoms with Gasteiger partial charge in [0.15, 0.2) is 18.2 Å². The molecule has 1 amide bonds. The molecule has 2 N–H and O–H groups in total. The zero-order valence-corrected chi connectivity index (χ0v) is 12.5. The van der Waals surface area contributed by atoms with Crippen LogP contribution in [0.3, 0.4) is 0 Å². The molecule has 0 unspecified atom stereocenters. The fourth-order valence-corrected chi connectivity index (χ4v) is 1.38. The minimum absolute atomic E-state index is 0. The summed E-state index contributed by atoms with van der Waals surface area (Å²) in [6.07, 6.45) is 0. The van der Waals surface area contributed by atoms with Gasteiger partial charge < -0.3 is 20.1 Å². The summed E-state index contributed by atoms with van der Waals surface area (Å²) in [5.41, 5.74) is 0. The van der Waals surface area contributed by atoms with Crippen LogP contribution in [0.25, 0.3) is 0 Å². The van der Waals surface area contributed by atoms with Crippen LogP contribution in [0.15, 0.2) is 18.2 Å². The first-order chi connectivity index (χ1) is 9.63. The molecule has 1 aromatic carbocycles. The topological polar surface area (TPSA) is 59.6 Å². The molecule has 0 aliphatic rings. The third-order valence-corrected chi connectivity index (χ3v) is 2.36. The van der Waals surface area contributed by atoms with E-state index < -0.39 is 11.6 Å². The molecule has 1 rings (SSSR count). The van der Waals surface area contributed by atoms with Crippen molar-refractivity contribution in [3.05, 3.63) is 29.8 Å². The Hall–Kier alpha value is -1.44. The second-order valence-electron chi connectivity index (χ2n) is 3.96. The minimum atomic E-state index is -0.834. The van der Waals surface area contributed by atoms with Crippen LogP contribution >= 0.6 is 12.4 Å². The second kappa shape index (κ2) is 11.2. The monoisotopic (exact) mass is 324 g/mol. The molecule has 0 heterocycles. The highest BCUT2D eigenvalue weighted by molar-refractivity contribution is 5.85. The summed E-state index contributed by atoms with van der Waals surface area (Å²) in [5, 5.41) is 5.65. The summed E-state index contributed by atoms with van der Waals surface area (Å²) < 4.78 is 35.7. The highest BCUT2D eigenvalue weighted by Crippen LogP contribution is 2.17. The van der Waals surface area contributed by atoms with Gasteiger partial charge in [-0.3, -0.25) is 4.79 Å². The van der Waals surface area contributed by atoms with Crippen molar-refractivity contribution in [3.8, 4) is 5.75 Å². The van der Waals surface area contributed by atoms with Gasteiger partial charge in [-0.1, -0.05) is 0 Å². The third-order valence-electron chi connectivity index (χ3n) is 2.36. The molecule has 21 heavy (non-hydrogen) atoms. The number of benzene rings is 1. The number of amides is 1. The van der Waals surface area contributed by atoms with Crippen molar-refractivity contribution < 1.29 is 23.0 Å². The summed E-state index contributed by atoms with van der Waals surface area (Å²) in [5.74, 6) is -2.05. The van der Waals surface area contributed by atoms with Gasteiger partial charge in [-0.2, -0.15) is 0 Å². The van der Waals surface area contributed by atoms with E-state index in [1.54, 1.807) is 7.11 Å². The van der Waals surface area contributed by atoms with E-state index in [2.05, 4.69) is 10.6 Å². The lowest BCUT2D eigenvalue weighted by Crippen LogP contribution is -2.35. The molecule has 0 aromatic heterocycles. The van der Waals surface area contributed by atoms with Crippen molar-refractivity contribution in [3.63, 3.8) is 0 Å². The maximum atomic E-state index is 13.2. The average molecular weight is 325 g/mol. The number of nitrogens with one attached hydrogen (secondary N) is 2. The van der Waals surface area contributed by atoms with Gasteiger partial charge in [0, 0.05) is 32.8 Å². The lowest BCUT2D eigenvalue weighted by Gasteiger charge is -2.08. The van der Waals surface area contributed by atoms with Gasteiger partial charge in [-0.05, 0) is 12.1 Å². The zero-order valence-electron chi connectivity index (χ0n) is 11.7. The van der Waals surface area contributed by atoms with Crippen molar-refractivity contribution >= 4 is 18.3 Å². The van der Waals surface area contributed by atoms with Gasteiger partial charge in [0.25, 0.3) is 5.91 Å². The van der Waals surface area contributed by atoms with Crippen LogP contribution in [0.5, 0.6) is 5.75 Å². The fraction of sp³-hybridized carbons (Fsp3) is 0.462. The molecular weight excluding hydrogens is 306 g/mol. The number of carbonyl (C=O) groups is 1. The Morgan fingerprint density at radius 2 is 2.00 bits per heavy atom. The molecule has 0 saturated carbocycles. The Labute approximate surface area is 128 Å². The molecule has 0 aliphatic heterocycles. The molecule has 0 aliphatic carbocycles. The van der Waals surface area contributed by atoms with Crippen LogP contribution < -0.4 is 15.4 Å². The summed E-state index contributed by atoms with van der Waals surface area (Å²) in [4.78, 5) is 11.4. The number of hydrogen-bond acceptors (Lipinski definition) is 4. The van der Waals surface area contributed by atoms with E-state index in [0.717, 1.165) is 12.1 Å². The molecule has 0 fully saturated rings. The average Bonchev–Trinajstić information content (AvgIpc) is 2.41. The Bertz CT molecular complexity index is 436. The maximum Gasteiger partial charge on any atom is 0.257 e. The van der Waals surface area contributed by atoms with Crippen molar-refractivity contribution in [1.29, 1.82) is 0 Å². The van der Waals surface area contributed by atoms with E-state index in [1.165, 1.54) is 0 Å². The van der Waals surface area contributed by atoms with Crippen LogP contribution in [0.2, 0.25) is 0 Å². The van der Waals surface area contributed by atoms with Crippen LogP contribution in [-0.2, 0) is 9.53 Å². The first-order valence-electron chi connectivity index (χ1n) is 6.17. The second-order valence-corrected chi connectivity index (χ2v) is 3.96. The lowest BCUT2D eigenvalue weighted by atomic mass is 10.3. The molecule has 5 nitrogen and oxygen atoms in total. The maximum absolute atomic E-state index is 13.2. The van der Waals surface area contributed by atoms with Crippen molar-refractivity contribution in [2.24, 2.45) is 0 Å². The molecule has 0 spiro atoms. The number of hydrogen-bond donors (Lipinski definition) is 2.